The SMILES string of the molecule is COc1ccccc1CNc1cnnc(Nc2ccccc2)n1. The van der Waals surface area contributed by atoms with Gasteiger partial charge in [0.1, 0.15) is 5.75 Å². The van der Waals surface area contributed by atoms with E-state index >= 15 is 0 Å². The van der Waals surface area contributed by atoms with Crippen molar-refractivity contribution in [3.05, 3.63) is 66.4 Å². The van der Waals surface area contributed by atoms with Gasteiger partial charge in [0.2, 0.25) is 5.95 Å². The highest BCUT2D eigenvalue weighted by atomic mass is 16.5. The zero-order valence-electron chi connectivity index (χ0n) is 12.7. The van der Waals surface area contributed by atoms with Crippen LogP contribution in [0.4, 0.5) is 17.5 Å². The lowest BCUT2D eigenvalue weighted by molar-refractivity contribution is 0.410. The molecule has 0 atom stereocenters. The summed E-state index contributed by atoms with van der Waals surface area (Å²) in [4.78, 5) is 4.40. The molecule has 3 rings (SSSR count). The van der Waals surface area contributed by atoms with Crippen molar-refractivity contribution in [3.8, 4) is 5.75 Å². The van der Waals surface area contributed by atoms with Crippen LogP contribution in [0.25, 0.3) is 0 Å². The monoisotopic (exact) mass is 307 g/mol. The van der Waals surface area contributed by atoms with E-state index in [1.807, 2.05) is 54.6 Å². The number of nitrogens with one attached hydrogen (secondary N) is 2. The lowest BCUT2D eigenvalue weighted by atomic mass is 10.2. The number of hydrogen-bond acceptors (Lipinski definition) is 6. The minimum absolute atomic E-state index is 0.446. The van der Waals surface area contributed by atoms with Gasteiger partial charge in [-0.15, -0.1) is 5.10 Å². The molecule has 0 aliphatic carbocycles. The highest BCUT2D eigenvalue weighted by Gasteiger charge is 2.04. The predicted molar refractivity (Wildman–Crippen MR) is 89.9 cm³/mol. The fourth-order valence-electron chi connectivity index (χ4n) is 2.13. The Morgan fingerprint density at radius 3 is 2.61 bits per heavy atom. The first kappa shape index (κ1) is 14.8. The summed E-state index contributed by atoms with van der Waals surface area (Å²) in [6.07, 6.45) is 1.59. The number of methoxy groups -OCH3 is 1. The number of para-hydroxylation sites is 2. The third-order valence-electron chi connectivity index (χ3n) is 3.24. The quantitative estimate of drug-likeness (QED) is 0.728. The standard InChI is InChI=1S/C17H17N5O/c1-23-15-10-6-5-7-13(15)11-18-16-12-19-22-17(21-16)20-14-8-3-2-4-9-14/h2-10,12H,11H2,1H3,(H2,18,20,21,22). The van der Waals surface area contributed by atoms with E-state index in [2.05, 4.69) is 25.8 Å². The van der Waals surface area contributed by atoms with Gasteiger partial charge in [-0.25, -0.2) is 0 Å². The molecule has 6 heteroatoms. The molecule has 0 unspecified atom stereocenters. The van der Waals surface area contributed by atoms with Crippen molar-refractivity contribution in [2.45, 2.75) is 6.54 Å². The third kappa shape index (κ3) is 3.94. The first-order valence-corrected chi connectivity index (χ1v) is 7.23. The number of anilines is 3. The molecule has 0 spiro atoms. The van der Waals surface area contributed by atoms with E-state index < -0.39 is 0 Å². The van der Waals surface area contributed by atoms with E-state index in [4.69, 9.17) is 4.74 Å². The third-order valence-corrected chi connectivity index (χ3v) is 3.24. The summed E-state index contributed by atoms with van der Waals surface area (Å²) in [7, 11) is 1.66. The second-order valence-electron chi connectivity index (χ2n) is 4.82. The lowest BCUT2D eigenvalue weighted by Crippen LogP contribution is -2.06. The van der Waals surface area contributed by atoms with E-state index in [1.165, 1.54) is 0 Å². The molecule has 0 saturated heterocycles. The lowest BCUT2D eigenvalue weighted by Gasteiger charge is -2.10. The van der Waals surface area contributed by atoms with Crippen molar-refractivity contribution in [1.29, 1.82) is 0 Å². The summed E-state index contributed by atoms with van der Waals surface area (Å²) in [6, 6.07) is 17.6. The molecule has 2 N–H and O–H groups in total. The fraction of sp³-hybridized carbons (Fsp3) is 0.118. The molecule has 0 amide bonds. The van der Waals surface area contributed by atoms with Crippen molar-refractivity contribution in [2.75, 3.05) is 17.7 Å². The summed E-state index contributed by atoms with van der Waals surface area (Å²) >= 11 is 0. The molecule has 2 aromatic carbocycles. The van der Waals surface area contributed by atoms with Gasteiger partial charge in [0.25, 0.3) is 0 Å². The van der Waals surface area contributed by atoms with Gasteiger partial charge in [0.15, 0.2) is 5.82 Å². The van der Waals surface area contributed by atoms with E-state index in [1.54, 1.807) is 13.3 Å². The van der Waals surface area contributed by atoms with Gasteiger partial charge in [-0.05, 0) is 18.2 Å². The smallest absolute Gasteiger partial charge is 0.249 e. The van der Waals surface area contributed by atoms with E-state index in [-0.39, 0.29) is 0 Å². The van der Waals surface area contributed by atoms with Gasteiger partial charge in [0, 0.05) is 17.8 Å². The highest BCUT2D eigenvalue weighted by molar-refractivity contribution is 5.53. The molecule has 0 bridgehead atoms. The van der Waals surface area contributed by atoms with Gasteiger partial charge in [0.05, 0.1) is 13.3 Å². The van der Waals surface area contributed by atoms with E-state index in [9.17, 15) is 0 Å². The summed E-state index contributed by atoms with van der Waals surface area (Å²) < 4.78 is 5.34. The van der Waals surface area contributed by atoms with Crippen LogP contribution in [0.3, 0.4) is 0 Å². The Labute approximate surface area is 134 Å². The average Bonchev–Trinajstić information content (AvgIpc) is 2.61. The Kier molecular flexibility index (Phi) is 4.63. The number of nitrogens with zero attached hydrogens (tertiary/aromatic N) is 3. The first-order valence-electron chi connectivity index (χ1n) is 7.23. The topological polar surface area (TPSA) is 72.0 Å². The summed E-state index contributed by atoms with van der Waals surface area (Å²) in [5.41, 5.74) is 1.96. The van der Waals surface area contributed by atoms with Crippen molar-refractivity contribution in [3.63, 3.8) is 0 Å². The van der Waals surface area contributed by atoms with Gasteiger partial charge in [-0.3, -0.25) is 0 Å². The molecule has 23 heavy (non-hydrogen) atoms. The summed E-state index contributed by atoms with van der Waals surface area (Å²) in [5, 5.41) is 14.3. The molecule has 6 nitrogen and oxygen atoms in total. The molecule has 0 fully saturated rings. The number of ether oxygens (including phenoxy) is 1. The molecular formula is C17H17N5O. The second kappa shape index (κ2) is 7.22. The maximum Gasteiger partial charge on any atom is 0.249 e. The van der Waals surface area contributed by atoms with Crippen LogP contribution in [0, 0.1) is 0 Å². The van der Waals surface area contributed by atoms with Crippen molar-refractivity contribution >= 4 is 17.5 Å². The molecule has 0 radical (unpaired) electrons. The Morgan fingerprint density at radius 2 is 1.78 bits per heavy atom. The Balaban J connectivity index is 1.68. The van der Waals surface area contributed by atoms with Crippen LogP contribution in [0.2, 0.25) is 0 Å². The molecule has 1 heterocycles. The molecule has 0 aliphatic heterocycles. The van der Waals surface area contributed by atoms with Gasteiger partial charge in [-0.1, -0.05) is 36.4 Å². The molecular weight excluding hydrogens is 290 g/mol. The molecule has 1 aromatic heterocycles. The Morgan fingerprint density at radius 1 is 1.00 bits per heavy atom. The van der Waals surface area contributed by atoms with Crippen LogP contribution in [0.15, 0.2) is 60.8 Å². The van der Waals surface area contributed by atoms with E-state index in [0.29, 0.717) is 18.3 Å². The van der Waals surface area contributed by atoms with Crippen LogP contribution in [0.5, 0.6) is 5.75 Å². The minimum atomic E-state index is 0.446. The average molecular weight is 307 g/mol. The van der Waals surface area contributed by atoms with E-state index in [0.717, 1.165) is 17.0 Å². The predicted octanol–water partition coefficient (Wildman–Crippen LogP) is 3.24. The maximum atomic E-state index is 5.34. The molecule has 0 saturated carbocycles. The van der Waals surface area contributed by atoms with Gasteiger partial charge in [-0.2, -0.15) is 10.1 Å². The number of benzene rings is 2. The maximum absolute atomic E-state index is 5.34. The molecule has 116 valence electrons. The fourth-order valence-corrected chi connectivity index (χ4v) is 2.13. The van der Waals surface area contributed by atoms with Crippen molar-refractivity contribution in [1.82, 2.24) is 15.2 Å². The van der Waals surface area contributed by atoms with Crippen LogP contribution >= 0.6 is 0 Å². The minimum Gasteiger partial charge on any atom is -0.496 e. The first-order chi connectivity index (χ1) is 11.3. The number of aromatic nitrogens is 3. The zero-order chi connectivity index (χ0) is 15.9. The number of rotatable bonds is 6. The zero-order valence-corrected chi connectivity index (χ0v) is 12.7. The number of hydrogen-bond donors (Lipinski definition) is 2. The van der Waals surface area contributed by atoms with Crippen molar-refractivity contribution in [2.24, 2.45) is 0 Å². The normalized spacial score (nSPS) is 10.1. The Hall–Kier alpha value is -3.15. The van der Waals surface area contributed by atoms with Gasteiger partial charge < -0.3 is 15.4 Å². The summed E-state index contributed by atoms with van der Waals surface area (Å²) in [5.74, 6) is 1.93. The van der Waals surface area contributed by atoms with Crippen LogP contribution in [-0.2, 0) is 6.54 Å². The van der Waals surface area contributed by atoms with Crippen LogP contribution in [-0.4, -0.2) is 22.3 Å². The van der Waals surface area contributed by atoms with Crippen molar-refractivity contribution < 1.29 is 4.74 Å². The second-order valence-corrected chi connectivity index (χ2v) is 4.82. The highest BCUT2D eigenvalue weighted by Crippen LogP contribution is 2.18. The summed E-state index contributed by atoms with van der Waals surface area (Å²) in [6.45, 7) is 0.591. The van der Waals surface area contributed by atoms with Gasteiger partial charge >= 0.3 is 0 Å². The molecule has 3 aromatic rings. The van der Waals surface area contributed by atoms with Crippen LogP contribution in [0.1, 0.15) is 5.56 Å². The molecule has 0 aliphatic rings. The Bertz CT molecular complexity index is 764. The van der Waals surface area contributed by atoms with Crippen LogP contribution < -0.4 is 15.4 Å². The largest absolute Gasteiger partial charge is 0.496 e.